The quantitative estimate of drug-likeness (QED) is 0.228. The lowest BCUT2D eigenvalue weighted by atomic mass is 9.84. The minimum atomic E-state index is -1.36. The van der Waals surface area contributed by atoms with Gasteiger partial charge in [0.05, 0.1) is 0 Å². The van der Waals surface area contributed by atoms with Gasteiger partial charge >= 0.3 is 0 Å². The fraction of sp³-hybridized carbons (Fsp3) is 0.522. The summed E-state index contributed by atoms with van der Waals surface area (Å²) in [4.78, 5) is 94.6. The molecule has 2 saturated carbocycles. The van der Waals surface area contributed by atoms with Gasteiger partial charge in [0.25, 0.3) is 0 Å². The molecule has 3 aliphatic heterocycles. The Morgan fingerprint density at radius 2 is 1.47 bits per heavy atom. The molecule has 9 rings (SSSR count). The predicted octanol–water partition coefficient (Wildman–Crippen LogP) is 2.75. The summed E-state index contributed by atoms with van der Waals surface area (Å²) >= 11 is 0. The molecule has 316 valence electrons. The van der Waals surface area contributed by atoms with Crippen molar-refractivity contribution < 1.29 is 28.8 Å². The van der Waals surface area contributed by atoms with Crippen LogP contribution in [-0.2, 0) is 41.6 Å². The highest BCUT2D eigenvalue weighted by atomic mass is 16.2. The second kappa shape index (κ2) is 16.5. The zero-order valence-electron chi connectivity index (χ0n) is 34.0. The Labute approximate surface area is 349 Å². The molecule has 6 aliphatic rings. The van der Waals surface area contributed by atoms with Crippen LogP contribution >= 0.6 is 0 Å². The Morgan fingerprint density at radius 1 is 0.717 bits per heavy atom. The van der Waals surface area contributed by atoms with Crippen LogP contribution in [0.4, 0.5) is 0 Å². The molecule has 7 N–H and O–H groups in total. The zero-order chi connectivity index (χ0) is 41.5. The largest absolute Gasteiger partial charge is 0.361 e. The number of nitrogens with two attached hydrogens (primary N) is 1. The predicted molar refractivity (Wildman–Crippen MR) is 225 cm³/mol. The summed E-state index contributed by atoms with van der Waals surface area (Å²) < 4.78 is 0. The van der Waals surface area contributed by atoms with E-state index in [1.54, 1.807) is 11.1 Å². The maximum atomic E-state index is 14.9. The third-order valence-corrected chi connectivity index (χ3v) is 14.3. The topological polar surface area (TPSA) is 199 Å². The van der Waals surface area contributed by atoms with Gasteiger partial charge in [-0.25, -0.2) is 0 Å². The van der Waals surface area contributed by atoms with Crippen LogP contribution in [0.3, 0.4) is 0 Å². The number of aromatic nitrogens is 1. The van der Waals surface area contributed by atoms with Gasteiger partial charge in [-0.05, 0) is 85.6 Å². The van der Waals surface area contributed by atoms with Crippen LogP contribution in [0.15, 0.2) is 60.8 Å². The number of H-pyrrole nitrogens is 1. The number of hydrogen-bond donors (Lipinski definition) is 6. The molecule has 14 heteroatoms. The number of rotatable bonds is 5. The lowest BCUT2D eigenvalue weighted by Crippen LogP contribution is -2.65. The number of fused-ring (bicyclic) bond motifs is 6. The maximum Gasteiger partial charge on any atom is 0.247 e. The SMILES string of the molecule is NC[C@@H]1NC(=O)[C@H](Cc2c[nH]c3ccccc23)NC(=O)C2(CCCC2)NC(=O)[C@H](CC2=CCc3ccccc32)NC(=O)[C@@H]2C[C@@H]3CCCC[C@@H]3N2C(=O)[C@H]2CCCN2C1=O. The van der Waals surface area contributed by atoms with Gasteiger partial charge in [0.1, 0.15) is 35.7 Å². The lowest BCUT2D eigenvalue weighted by Gasteiger charge is -2.38. The van der Waals surface area contributed by atoms with Crippen LogP contribution in [-0.4, -0.2) is 105 Å². The number of nitrogens with one attached hydrogen (secondary N) is 5. The highest BCUT2D eigenvalue weighted by Crippen LogP contribution is 2.42. The van der Waals surface area contributed by atoms with Crippen molar-refractivity contribution in [3.05, 3.63) is 77.5 Å². The summed E-state index contributed by atoms with van der Waals surface area (Å²) in [5, 5.41) is 13.0. The van der Waals surface area contributed by atoms with Gasteiger partial charge in [0.2, 0.25) is 35.4 Å². The van der Waals surface area contributed by atoms with Gasteiger partial charge in [-0.15, -0.1) is 0 Å². The number of carbonyl (C=O) groups excluding carboxylic acids is 6. The molecule has 6 amide bonds. The number of benzene rings is 2. The van der Waals surface area contributed by atoms with Crippen molar-refractivity contribution in [2.45, 2.75) is 132 Å². The molecule has 0 radical (unpaired) electrons. The molecule has 7 atom stereocenters. The third kappa shape index (κ3) is 7.36. The number of nitrogens with zero attached hydrogens (tertiary/aromatic N) is 2. The zero-order valence-corrected chi connectivity index (χ0v) is 34.0. The van der Waals surface area contributed by atoms with E-state index in [4.69, 9.17) is 5.73 Å². The Balaban J connectivity index is 1.10. The number of hydrogen-bond acceptors (Lipinski definition) is 7. The van der Waals surface area contributed by atoms with Crippen molar-refractivity contribution in [3.8, 4) is 0 Å². The van der Waals surface area contributed by atoms with Crippen LogP contribution in [0.25, 0.3) is 16.5 Å². The molecule has 3 aromatic rings. The molecule has 0 bridgehead atoms. The van der Waals surface area contributed by atoms with Gasteiger partial charge in [-0.2, -0.15) is 0 Å². The fourth-order valence-corrected chi connectivity index (χ4v) is 11.1. The number of para-hydroxylation sites is 1. The van der Waals surface area contributed by atoms with E-state index >= 15 is 0 Å². The molecule has 0 unspecified atom stereocenters. The summed E-state index contributed by atoms with van der Waals surface area (Å²) in [7, 11) is 0. The van der Waals surface area contributed by atoms with Gasteiger partial charge in [-0.3, -0.25) is 28.8 Å². The molecule has 3 saturated heterocycles. The van der Waals surface area contributed by atoms with Gasteiger partial charge in [0, 0.05) is 49.1 Å². The second-order valence-corrected chi connectivity index (χ2v) is 17.8. The minimum Gasteiger partial charge on any atom is -0.361 e. The standard InChI is InChI=1S/C46H56N8O6/c47-25-36-43(58)53-21-9-16-38(53)44(59)54-37-15-6-2-11-29(37)24-39(54)42(57)49-35(22-28-18-17-27-10-1-3-12-31(27)28)41(56)52-46(19-7-8-20-46)45(60)51-34(40(55)50-36)23-30-26-48-33-14-5-4-13-32(30)33/h1,3-5,10,12-14,18,26,29,34-39,48H,2,6-9,11,15-17,19-25,47H2,(H,49,57)(H,50,55)(H,51,60)(H,52,56)/t29-,34-,35-,36-,37-,38+,39-/m0/s1. The van der Waals surface area contributed by atoms with E-state index in [9.17, 15) is 28.8 Å². The summed E-state index contributed by atoms with van der Waals surface area (Å²) in [5.74, 6) is -2.62. The number of allylic oxidation sites excluding steroid dienone is 1. The third-order valence-electron chi connectivity index (χ3n) is 14.3. The summed E-state index contributed by atoms with van der Waals surface area (Å²) in [6.07, 6.45) is 11.9. The van der Waals surface area contributed by atoms with Gasteiger partial charge < -0.3 is 41.8 Å². The lowest BCUT2D eigenvalue weighted by molar-refractivity contribution is -0.150. The number of aromatic amines is 1. The van der Waals surface area contributed by atoms with Crippen LogP contribution in [0.5, 0.6) is 0 Å². The van der Waals surface area contributed by atoms with Crippen molar-refractivity contribution in [3.63, 3.8) is 0 Å². The van der Waals surface area contributed by atoms with Crippen molar-refractivity contribution in [2.75, 3.05) is 13.1 Å². The first-order chi connectivity index (χ1) is 29.1. The fourth-order valence-electron chi connectivity index (χ4n) is 11.1. The highest BCUT2D eigenvalue weighted by Gasteiger charge is 2.52. The van der Waals surface area contributed by atoms with E-state index in [2.05, 4.69) is 38.4 Å². The van der Waals surface area contributed by atoms with E-state index in [0.717, 1.165) is 58.8 Å². The van der Waals surface area contributed by atoms with Gasteiger partial charge in [-0.1, -0.05) is 74.2 Å². The molecular formula is C46H56N8O6. The Kier molecular flexibility index (Phi) is 11.0. The molecule has 1 aromatic heterocycles. The van der Waals surface area contributed by atoms with E-state index in [1.165, 1.54) is 4.90 Å². The average molecular weight is 817 g/mol. The first-order valence-electron chi connectivity index (χ1n) is 22.0. The first-order valence-corrected chi connectivity index (χ1v) is 22.0. The Bertz CT molecular complexity index is 2230. The minimum absolute atomic E-state index is 0.0903. The molecule has 1 spiro atoms. The number of carbonyl (C=O) groups is 6. The molecular weight excluding hydrogens is 761 g/mol. The van der Waals surface area contributed by atoms with Crippen molar-refractivity contribution >= 4 is 51.9 Å². The monoisotopic (exact) mass is 816 g/mol. The van der Waals surface area contributed by atoms with E-state index < -0.39 is 65.3 Å². The summed E-state index contributed by atoms with van der Waals surface area (Å²) in [6, 6.07) is 10.5. The Hall–Kier alpha value is -5.50. The summed E-state index contributed by atoms with van der Waals surface area (Å²) in [6.45, 7) is 0.0781. The molecule has 4 heterocycles. The second-order valence-electron chi connectivity index (χ2n) is 17.8. The van der Waals surface area contributed by atoms with Crippen molar-refractivity contribution in [1.82, 2.24) is 36.1 Å². The van der Waals surface area contributed by atoms with E-state index in [-0.39, 0.29) is 37.3 Å². The number of amides is 6. The molecule has 3 aliphatic carbocycles. The Morgan fingerprint density at radius 3 is 2.30 bits per heavy atom. The first kappa shape index (κ1) is 39.9. The van der Waals surface area contributed by atoms with Crippen molar-refractivity contribution in [1.29, 1.82) is 0 Å². The maximum absolute atomic E-state index is 14.9. The normalized spacial score (nSPS) is 29.8. The van der Waals surface area contributed by atoms with Crippen LogP contribution < -0.4 is 27.0 Å². The average Bonchev–Trinajstić information content (AvgIpc) is 4.12. The molecule has 60 heavy (non-hydrogen) atoms. The molecule has 14 nitrogen and oxygen atoms in total. The molecule has 5 fully saturated rings. The van der Waals surface area contributed by atoms with Crippen LogP contribution in [0.1, 0.15) is 93.7 Å². The van der Waals surface area contributed by atoms with Crippen molar-refractivity contribution in [2.24, 2.45) is 11.7 Å². The summed E-state index contributed by atoms with van der Waals surface area (Å²) in [5.41, 5.74) is 9.59. The smallest absolute Gasteiger partial charge is 0.247 e. The van der Waals surface area contributed by atoms with E-state index in [0.29, 0.717) is 57.9 Å². The van der Waals surface area contributed by atoms with Gasteiger partial charge in [0.15, 0.2) is 0 Å². The van der Waals surface area contributed by atoms with E-state index in [1.807, 2.05) is 42.5 Å². The van der Waals surface area contributed by atoms with Crippen LogP contribution in [0, 0.1) is 5.92 Å². The highest BCUT2D eigenvalue weighted by molar-refractivity contribution is 6.01. The molecule has 2 aromatic carbocycles. The van der Waals surface area contributed by atoms with Crippen LogP contribution in [0.2, 0.25) is 0 Å².